The van der Waals surface area contributed by atoms with Crippen LogP contribution < -0.4 is 0 Å². The van der Waals surface area contributed by atoms with Gasteiger partial charge < -0.3 is 9.80 Å². The SMILES string of the molecule is CN(CC1CCCN1C)C(=O)c1n[nH]c2ccccc12. The first-order valence-electron chi connectivity index (χ1n) is 7.05. The zero-order valence-corrected chi connectivity index (χ0v) is 12.0. The Morgan fingerprint density at radius 3 is 3.05 bits per heavy atom. The van der Waals surface area contributed by atoms with Crippen molar-refractivity contribution >= 4 is 16.8 Å². The van der Waals surface area contributed by atoms with Gasteiger partial charge in [-0.15, -0.1) is 0 Å². The number of nitrogens with zero attached hydrogens (tertiary/aromatic N) is 3. The zero-order chi connectivity index (χ0) is 14.1. The molecular formula is C15H20N4O. The van der Waals surface area contributed by atoms with Crippen LogP contribution >= 0.6 is 0 Å². The zero-order valence-electron chi connectivity index (χ0n) is 12.0. The van der Waals surface area contributed by atoms with Gasteiger partial charge in [-0.05, 0) is 32.5 Å². The van der Waals surface area contributed by atoms with Crippen LogP contribution in [0.15, 0.2) is 24.3 Å². The number of aromatic nitrogens is 2. The van der Waals surface area contributed by atoms with Crippen LogP contribution in [-0.2, 0) is 0 Å². The molecule has 0 bridgehead atoms. The molecule has 2 heterocycles. The molecule has 106 valence electrons. The third-order valence-electron chi connectivity index (χ3n) is 4.18. The minimum Gasteiger partial charge on any atom is -0.339 e. The maximum absolute atomic E-state index is 12.5. The number of likely N-dealkylation sites (tertiary alicyclic amines) is 1. The van der Waals surface area contributed by atoms with Crippen molar-refractivity contribution in [3.8, 4) is 0 Å². The maximum atomic E-state index is 12.5. The Labute approximate surface area is 118 Å². The number of fused-ring (bicyclic) bond motifs is 1. The van der Waals surface area contributed by atoms with Crippen LogP contribution in [-0.4, -0.2) is 59.1 Å². The van der Waals surface area contributed by atoms with Gasteiger partial charge in [0.2, 0.25) is 0 Å². The minimum absolute atomic E-state index is 0.0113. The fraction of sp³-hybridized carbons (Fsp3) is 0.467. The highest BCUT2D eigenvalue weighted by molar-refractivity contribution is 6.04. The molecule has 1 aromatic heterocycles. The number of nitrogens with one attached hydrogen (secondary N) is 1. The summed E-state index contributed by atoms with van der Waals surface area (Å²) >= 11 is 0. The topological polar surface area (TPSA) is 52.2 Å². The first-order chi connectivity index (χ1) is 9.66. The van der Waals surface area contributed by atoms with E-state index in [1.165, 1.54) is 6.42 Å². The number of hydrogen-bond donors (Lipinski definition) is 1. The molecule has 1 N–H and O–H groups in total. The lowest BCUT2D eigenvalue weighted by molar-refractivity contribution is 0.0757. The largest absolute Gasteiger partial charge is 0.339 e. The van der Waals surface area contributed by atoms with Gasteiger partial charge in [-0.3, -0.25) is 9.89 Å². The van der Waals surface area contributed by atoms with E-state index in [1.54, 1.807) is 4.90 Å². The summed E-state index contributed by atoms with van der Waals surface area (Å²) in [5.41, 5.74) is 1.42. The molecule has 0 aliphatic carbocycles. The van der Waals surface area contributed by atoms with E-state index in [9.17, 15) is 4.79 Å². The molecule has 5 heteroatoms. The van der Waals surface area contributed by atoms with Gasteiger partial charge in [0, 0.05) is 25.0 Å². The Balaban J connectivity index is 1.78. The first kappa shape index (κ1) is 13.1. The Morgan fingerprint density at radius 1 is 1.50 bits per heavy atom. The molecule has 0 spiro atoms. The van der Waals surface area contributed by atoms with Gasteiger partial charge in [0.05, 0.1) is 5.52 Å². The smallest absolute Gasteiger partial charge is 0.274 e. The molecule has 20 heavy (non-hydrogen) atoms. The Bertz CT molecular complexity index is 621. The number of carbonyl (C=O) groups excluding carboxylic acids is 1. The Kier molecular flexibility index (Phi) is 3.44. The molecule has 2 aromatic rings. The fourth-order valence-electron chi connectivity index (χ4n) is 2.92. The average molecular weight is 272 g/mol. The molecule has 0 radical (unpaired) electrons. The van der Waals surface area contributed by atoms with Crippen molar-refractivity contribution < 1.29 is 4.79 Å². The molecule has 1 saturated heterocycles. The summed E-state index contributed by atoms with van der Waals surface area (Å²) in [6.07, 6.45) is 2.38. The molecule has 1 amide bonds. The highest BCUT2D eigenvalue weighted by Crippen LogP contribution is 2.19. The van der Waals surface area contributed by atoms with Crippen molar-refractivity contribution in [1.82, 2.24) is 20.0 Å². The van der Waals surface area contributed by atoms with Crippen LogP contribution in [0.4, 0.5) is 0 Å². The molecular weight excluding hydrogens is 252 g/mol. The van der Waals surface area contributed by atoms with Gasteiger partial charge in [0.1, 0.15) is 0 Å². The quantitative estimate of drug-likeness (QED) is 0.925. The lowest BCUT2D eigenvalue weighted by Crippen LogP contribution is -2.39. The standard InChI is InChI=1S/C15H20N4O/c1-18-9-5-6-11(18)10-19(2)15(20)14-12-7-3-4-8-13(12)16-17-14/h3-4,7-8,11H,5-6,9-10H2,1-2H3,(H,16,17). The monoisotopic (exact) mass is 272 g/mol. The molecule has 1 aliphatic rings. The van der Waals surface area contributed by atoms with Crippen LogP contribution in [0.3, 0.4) is 0 Å². The molecule has 0 saturated carbocycles. The van der Waals surface area contributed by atoms with Gasteiger partial charge in [-0.2, -0.15) is 5.10 Å². The average Bonchev–Trinajstić information content (AvgIpc) is 3.05. The lowest BCUT2D eigenvalue weighted by atomic mass is 10.1. The normalized spacial score (nSPS) is 19.6. The van der Waals surface area contributed by atoms with Gasteiger partial charge in [0.25, 0.3) is 5.91 Å². The molecule has 1 unspecified atom stereocenters. The van der Waals surface area contributed by atoms with Gasteiger partial charge in [0.15, 0.2) is 5.69 Å². The minimum atomic E-state index is -0.0113. The molecule has 1 aliphatic heterocycles. The van der Waals surface area contributed by atoms with E-state index in [2.05, 4.69) is 22.1 Å². The van der Waals surface area contributed by atoms with Crippen LogP contribution in [0.25, 0.3) is 10.9 Å². The van der Waals surface area contributed by atoms with Crippen molar-refractivity contribution in [2.24, 2.45) is 0 Å². The third-order valence-corrected chi connectivity index (χ3v) is 4.18. The van der Waals surface area contributed by atoms with Crippen LogP contribution in [0.5, 0.6) is 0 Å². The number of hydrogen-bond acceptors (Lipinski definition) is 3. The molecule has 1 fully saturated rings. The Morgan fingerprint density at radius 2 is 2.30 bits per heavy atom. The summed E-state index contributed by atoms with van der Waals surface area (Å²) in [5, 5.41) is 7.99. The number of benzene rings is 1. The van der Waals surface area contributed by atoms with E-state index in [1.807, 2.05) is 31.3 Å². The second kappa shape index (κ2) is 5.25. The number of likely N-dealkylation sites (N-methyl/N-ethyl adjacent to an activating group) is 2. The number of carbonyl (C=O) groups is 1. The second-order valence-electron chi connectivity index (χ2n) is 5.58. The predicted molar refractivity (Wildman–Crippen MR) is 78.7 cm³/mol. The fourth-order valence-corrected chi connectivity index (χ4v) is 2.92. The lowest BCUT2D eigenvalue weighted by Gasteiger charge is -2.25. The number of aromatic amines is 1. The number of para-hydroxylation sites is 1. The molecule has 5 nitrogen and oxygen atoms in total. The number of rotatable bonds is 3. The van der Waals surface area contributed by atoms with Crippen LogP contribution in [0.2, 0.25) is 0 Å². The van der Waals surface area contributed by atoms with Crippen LogP contribution in [0.1, 0.15) is 23.3 Å². The van der Waals surface area contributed by atoms with Crippen molar-refractivity contribution in [2.75, 3.05) is 27.2 Å². The van der Waals surface area contributed by atoms with E-state index in [-0.39, 0.29) is 5.91 Å². The van der Waals surface area contributed by atoms with E-state index in [0.29, 0.717) is 11.7 Å². The van der Waals surface area contributed by atoms with E-state index >= 15 is 0 Å². The summed E-state index contributed by atoms with van der Waals surface area (Å²) in [6, 6.07) is 8.20. The van der Waals surface area contributed by atoms with Crippen molar-refractivity contribution in [3.63, 3.8) is 0 Å². The molecule has 3 rings (SSSR count). The van der Waals surface area contributed by atoms with Crippen LogP contribution in [0, 0.1) is 0 Å². The Hall–Kier alpha value is -1.88. The highest BCUT2D eigenvalue weighted by Gasteiger charge is 2.25. The van der Waals surface area contributed by atoms with Crippen molar-refractivity contribution in [2.45, 2.75) is 18.9 Å². The van der Waals surface area contributed by atoms with Gasteiger partial charge in [-0.1, -0.05) is 18.2 Å². The van der Waals surface area contributed by atoms with E-state index in [0.717, 1.165) is 30.4 Å². The maximum Gasteiger partial charge on any atom is 0.274 e. The highest BCUT2D eigenvalue weighted by atomic mass is 16.2. The number of H-pyrrole nitrogens is 1. The molecule has 1 atom stereocenters. The van der Waals surface area contributed by atoms with E-state index < -0.39 is 0 Å². The van der Waals surface area contributed by atoms with Gasteiger partial charge in [-0.25, -0.2) is 0 Å². The first-order valence-corrected chi connectivity index (χ1v) is 7.05. The molecule has 1 aromatic carbocycles. The van der Waals surface area contributed by atoms with Gasteiger partial charge >= 0.3 is 0 Å². The summed E-state index contributed by atoms with van der Waals surface area (Å²) in [7, 11) is 3.98. The third kappa shape index (κ3) is 2.29. The summed E-state index contributed by atoms with van der Waals surface area (Å²) in [4.78, 5) is 16.7. The summed E-state index contributed by atoms with van der Waals surface area (Å²) in [6.45, 7) is 1.88. The second-order valence-corrected chi connectivity index (χ2v) is 5.58. The predicted octanol–water partition coefficient (Wildman–Crippen LogP) is 1.73. The van der Waals surface area contributed by atoms with Crippen molar-refractivity contribution in [3.05, 3.63) is 30.0 Å². The number of amides is 1. The van der Waals surface area contributed by atoms with Crippen molar-refractivity contribution in [1.29, 1.82) is 0 Å². The van der Waals surface area contributed by atoms with E-state index in [4.69, 9.17) is 0 Å². The summed E-state index contributed by atoms with van der Waals surface area (Å²) in [5.74, 6) is -0.0113. The summed E-state index contributed by atoms with van der Waals surface area (Å²) < 4.78 is 0.